The van der Waals surface area contributed by atoms with Gasteiger partial charge in [0, 0.05) is 5.56 Å². The van der Waals surface area contributed by atoms with Gasteiger partial charge in [-0.3, -0.25) is 5.41 Å². The van der Waals surface area contributed by atoms with Crippen LogP contribution in [0.5, 0.6) is 5.75 Å². The Morgan fingerprint density at radius 3 is 2.24 bits per heavy atom. The molecule has 2 rings (SSSR count). The molecule has 0 saturated heterocycles. The zero-order chi connectivity index (χ0) is 15.3. The van der Waals surface area contributed by atoms with Crippen LogP contribution in [0.1, 0.15) is 5.56 Å². The van der Waals surface area contributed by atoms with E-state index in [1.807, 2.05) is 18.2 Å². The molecule has 0 aliphatic heterocycles. The summed E-state index contributed by atoms with van der Waals surface area (Å²) in [4.78, 5) is 0.198. The van der Waals surface area contributed by atoms with Crippen LogP contribution in [0.4, 0.5) is 0 Å². The highest BCUT2D eigenvalue weighted by Gasteiger charge is 2.14. The molecule has 0 saturated carbocycles. The maximum Gasteiger partial charge on any atom is 0.181 e. The maximum atomic E-state index is 12.1. The summed E-state index contributed by atoms with van der Waals surface area (Å²) in [6, 6.07) is 15.0. The molecule has 110 valence electrons. The predicted molar refractivity (Wildman–Crippen MR) is 81.4 cm³/mol. The topological polar surface area (TPSA) is 93.2 Å². The highest BCUT2D eigenvalue weighted by atomic mass is 32.2. The predicted octanol–water partition coefficient (Wildman–Crippen LogP) is 1.82. The van der Waals surface area contributed by atoms with Crippen LogP contribution < -0.4 is 10.5 Å². The van der Waals surface area contributed by atoms with Gasteiger partial charge in [0.05, 0.1) is 10.6 Å². The fraction of sp³-hybridized carbons (Fsp3) is 0.133. The molecule has 0 heterocycles. The molecule has 0 spiro atoms. The van der Waals surface area contributed by atoms with Crippen LogP contribution in [-0.4, -0.2) is 26.6 Å². The van der Waals surface area contributed by atoms with Crippen LogP contribution in [0, 0.1) is 5.41 Å². The van der Waals surface area contributed by atoms with Crippen molar-refractivity contribution in [3.63, 3.8) is 0 Å². The van der Waals surface area contributed by atoms with Crippen molar-refractivity contribution in [3.05, 3.63) is 60.2 Å². The molecule has 2 aromatic carbocycles. The number of para-hydroxylation sites is 1. The van der Waals surface area contributed by atoms with Gasteiger partial charge in [0.15, 0.2) is 9.84 Å². The van der Waals surface area contributed by atoms with Crippen LogP contribution in [0.25, 0.3) is 0 Å². The summed E-state index contributed by atoms with van der Waals surface area (Å²) >= 11 is 0. The number of ether oxygens (including phenoxy) is 1. The van der Waals surface area contributed by atoms with E-state index >= 15 is 0 Å². The van der Waals surface area contributed by atoms with Crippen molar-refractivity contribution in [3.8, 4) is 5.75 Å². The number of hydrogen-bond donors (Lipinski definition) is 2. The van der Waals surface area contributed by atoms with Gasteiger partial charge < -0.3 is 10.5 Å². The standard InChI is InChI=1S/C15H16N2O3S/c16-15(17)12-6-8-14(9-7-12)21(18,19)11-10-20-13-4-2-1-3-5-13/h1-9H,10-11H2,(H3,16,17). The molecule has 6 heteroatoms. The number of benzene rings is 2. The molecule has 2 aromatic rings. The van der Waals surface area contributed by atoms with Crippen LogP contribution in [0.15, 0.2) is 59.5 Å². The number of amidine groups is 1. The first-order chi connectivity index (χ1) is 9.99. The van der Waals surface area contributed by atoms with Crippen molar-refractivity contribution in [1.82, 2.24) is 0 Å². The lowest BCUT2D eigenvalue weighted by atomic mass is 10.2. The minimum absolute atomic E-state index is 0.0841. The first-order valence-electron chi connectivity index (χ1n) is 6.34. The van der Waals surface area contributed by atoms with Gasteiger partial charge in [-0.05, 0) is 24.3 Å². The molecule has 0 fully saturated rings. The molecular formula is C15H16N2O3S. The van der Waals surface area contributed by atoms with Gasteiger partial charge in [0.1, 0.15) is 18.2 Å². The minimum atomic E-state index is -3.41. The Kier molecular flexibility index (Phi) is 4.59. The van der Waals surface area contributed by atoms with E-state index in [0.29, 0.717) is 11.3 Å². The highest BCUT2D eigenvalue weighted by Crippen LogP contribution is 2.13. The number of hydrogen-bond acceptors (Lipinski definition) is 4. The number of rotatable bonds is 6. The second-order valence-electron chi connectivity index (χ2n) is 4.42. The molecule has 0 aromatic heterocycles. The normalized spacial score (nSPS) is 11.0. The van der Waals surface area contributed by atoms with E-state index in [2.05, 4.69) is 0 Å². The molecule has 0 aliphatic carbocycles. The molecule has 5 nitrogen and oxygen atoms in total. The lowest BCUT2D eigenvalue weighted by Crippen LogP contribution is -2.15. The summed E-state index contributed by atoms with van der Waals surface area (Å²) in [6.07, 6.45) is 0. The monoisotopic (exact) mass is 304 g/mol. The van der Waals surface area contributed by atoms with Crippen molar-refractivity contribution in [2.45, 2.75) is 4.90 Å². The zero-order valence-electron chi connectivity index (χ0n) is 11.3. The number of nitrogens with one attached hydrogen (secondary N) is 1. The Bertz CT molecular complexity index is 710. The molecular weight excluding hydrogens is 288 g/mol. The minimum Gasteiger partial charge on any atom is -0.493 e. The van der Waals surface area contributed by atoms with Gasteiger partial charge in [-0.1, -0.05) is 30.3 Å². The van der Waals surface area contributed by atoms with Crippen molar-refractivity contribution < 1.29 is 13.2 Å². The average molecular weight is 304 g/mol. The number of nitrogen functional groups attached to an aromatic ring is 1. The smallest absolute Gasteiger partial charge is 0.181 e. The van der Waals surface area contributed by atoms with Crippen molar-refractivity contribution >= 4 is 15.7 Å². The molecule has 0 atom stereocenters. The maximum absolute atomic E-state index is 12.1. The highest BCUT2D eigenvalue weighted by molar-refractivity contribution is 7.91. The van der Waals surface area contributed by atoms with E-state index < -0.39 is 9.84 Å². The van der Waals surface area contributed by atoms with Gasteiger partial charge >= 0.3 is 0 Å². The Labute approximate surface area is 123 Å². The quantitative estimate of drug-likeness (QED) is 0.629. The molecule has 0 unspecified atom stereocenters. The number of nitrogens with two attached hydrogens (primary N) is 1. The second-order valence-corrected chi connectivity index (χ2v) is 6.53. The molecule has 0 aliphatic rings. The van der Waals surface area contributed by atoms with Crippen LogP contribution in [0.3, 0.4) is 0 Å². The Hall–Kier alpha value is -2.34. The van der Waals surface area contributed by atoms with E-state index in [1.54, 1.807) is 12.1 Å². The summed E-state index contributed by atoms with van der Waals surface area (Å²) < 4.78 is 29.7. The molecule has 3 N–H and O–H groups in total. The van der Waals surface area contributed by atoms with Gasteiger partial charge in [0.2, 0.25) is 0 Å². The van der Waals surface area contributed by atoms with E-state index in [9.17, 15) is 8.42 Å². The lowest BCUT2D eigenvalue weighted by molar-refractivity contribution is 0.341. The summed E-state index contributed by atoms with van der Waals surface area (Å²) in [5, 5.41) is 7.28. The van der Waals surface area contributed by atoms with E-state index in [4.69, 9.17) is 15.9 Å². The molecule has 0 radical (unpaired) electrons. The van der Waals surface area contributed by atoms with Crippen LogP contribution in [0.2, 0.25) is 0 Å². The Morgan fingerprint density at radius 2 is 1.67 bits per heavy atom. The van der Waals surface area contributed by atoms with Crippen molar-refractivity contribution in [2.75, 3.05) is 12.4 Å². The van der Waals surface area contributed by atoms with Crippen molar-refractivity contribution in [2.24, 2.45) is 5.73 Å². The van der Waals surface area contributed by atoms with E-state index in [-0.39, 0.29) is 23.1 Å². The van der Waals surface area contributed by atoms with Gasteiger partial charge in [-0.15, -0.1) is 0 Å². The Morgan fingerprint density at radius 1 is 1.05 bits per heavy atom. The summed E-state index contributed by atoms with van der Waals surface area (Å²) in [5.74, 6) is 0.437. The van der Waals surface area contributed by atoms with E-state index in [1.165, 1.54) is 24.3 Å². The Balaban J connectivity index is 2.00. The van der Waals surface area contributed by atoms with Crippen molar-refractivity contribution in [1.29, 1.82) is 5.41 Å². The fourth-order valence-corrected chi connectivity index (χ4v) is 2.83. The second kappa shape index (κ2) is 6.41. The lowest BCUT2D eigenvalue weighted by Gasteiger charge is -2.07. The van der Waals surface area contributed by atoms with E-state index in [0.717, 1.165) is 0 Å². The molecule has 0 bridgehead atoms. The average Bonchev–Trinajstić information content (AvgIpc) is 2.48. The fourth-order valence-electron chi connectivity index (χ4n) is 1.75. The molecule has 21 heavy (non-hydrogen) atoms. The zero-order valence-corrected chi connectivity index (χ0v) is 12.1. The van der Waals surface area contributed by atoms with Gasteiger partial charge in [-0.25, -0.2) is 8.42 Å². The number of sulfone groups is 1. The third-order valence-electron chi connectivity index (χ3n) is 2.89. The first kappa shape index (κ1) is 15.1. The van der Waals surface area contributed by atoms with Gasteiger partial charge in [0.25, 0.3) is 0 Å². The van der Waals surface area contributed by atoms with Gasteiger partial charge in [-0.2, -0.15) is 0 Å². The largest absolute Gasteiger partial charge is 0.493 e. The molecule has 0 amide bonds. The summed E-state index contributed by atoms with van der Waals surface area (Å²) in [5.41, 5.74) is 5.83. The van der Waals surface area contributed by atoms with Crippen LogP contribution >= 0.6 is 0 Å². The summed E-state index contributed by atoms with van der Waals surface area (Å²) in [7, 11) is -3.41. The van der Waals surface area contributed by atoms with Crippen LogP contribution in [-0.2, 0) is 9.84 Å². The third kappa shape index (κ3) is 4.06. The SMILES string of the molecule is N=C(N)c1ccc(S(=O)(=O)CCOc2ccccc2)cc1. The summed E-state index contributed by atoms with van der Waals surface area (Å²) in [6.45, 7) is 0.0841. The first-order valence-corrected chi connectivity index (χ1v) is 7.99. The third-order valence-corrected chi connectivity index (χ3v) is 4.58.